The Morgan fingerprint density at radius 1 is 1.10 bits per heavy atom. The predicted molar refractivity (Wildman–Crippen MR) is 85.6 cm³/mol. The summed E-state index contributed by atoms with van der Waals surface area (Å²) in [7, 11) is 0. The van der Waals surface area contributed by atoms with Crippen molar-refractivity contribution in [1.82, 2.24) is 0 Å². The third kappa shape index (κ3) is 4.39. The van der Waals surface area contributed by atoms with E-state index in [4.69, 9.17) is 15.9 Å². The Balaban J connectivity index is 2.12. The second kappa shape index (κ2) is 7.76. The van der Waals surface area contributed by atoms with Gasteiger partial charge in [0.25, 0.3) is 0 Å². The van der Waals surface area contributed by atoms with Crippen LogP contribution in [-0.4, -0.2) is 19.4 Å². The summed E-state index contributed by atoms with van der Waals surface area (Å²) >= 11 is 0. The summed E-state index contributed by atoms with van der Waals surface area (Å²) in [5.74, 6) is 4.02. The van der Waals surface area contributed by atoms with Crippen molar-refractivity contribution in [3.8, 4) is 23.8 Å². The van der Waals surface area contributed by atoms with E-state index < -0.39 is 0 Å². The van der Waals surface area contributed by atoms with Crippen molar-refractivity contribution in [2.45, 2.75) is 6.92 Å². The number of terminal acetylenes is 1. The molecule has 0 bridgehead atoms. The van der Waals surface area contributed by atoms with Crippen molar-refractivity contribution in [1.29, 1.82) is 0 Å². The van der Waals surface area contributed by atoms with Gasteiger partial charge in [0.15, 0.2) is 0 Å². The van der Waals surface area contributed by atoms with Crippen LogP contribution in [0.2, 0.25) is 0 Å². The summed E-state index contributed by atoms with van der Waals surface area (Å²) in [5, 5.41) is 0. The Labute approximate surface area is 125 Å². The second-order valence-electron chi connectivity index (χ2n) is 4.22. The van der Waals surface area contributed by atoms with Gasteiger partial charge in [0.1, 0.15) is 18.1 Å². The molecule has 21 heavy (non-hydrogen) atoms. The minimum absolute atomic E-state index is 0.244. The van der Waals surface area contributed by atoms with E-state index in [-0.39, 0.29) is 6.61 Å². The first-order chi connectivity index (χ1) is 10.3. The van der Waals surface area contributed by atoms with Crippen LogP contribution in [0.5, 0.6) is 11.5 Å². The molecule has 0 aliphatic rings. The highest BCUT2D eigenvalue weighted by atomic mass is 16.5. The highest BCUT2D eigenvalue weighted by Gasteiger charge is 1.99. The third-order valence-electron chi connectivity index (χ3n) is 2.73. The normalized spacial score (nSPS) is 10.3. The van der Waals surface area contributed by atoms with E-state index in [1.165, 1.54) is 0 Å². The number of hydrogen-bond acceptors (Lipinski definition) is 3. The molecule has 0 heterocycles. The Morgan fingerprint density at radius 2 is 1.86 bits per heavy atom. The fourth-order valence-corrected chi connectivity index (χ4v) is 1.78. The van der Waals surface area contributed by atoms with Crippen LogP contribution >= 0.6 is 0 Å². The molecule has 0 fully saturated rings. The van der Waals surface area contributed by atoms with Gasteiger partial charge in [0.2, 0.25) is 0 Å². The molecule has 0 amide bonds. The minimum atomic E-state index is 0.244. The van der Waals surface area contributed by atoms with Crippen LogP contribution in [-0.2, 0) is 0 Å². The Hall–Kier alpha value is -2.73. The maximum absolute atomic E-state index is 5.48. The molecule has 2 rings (SSSR count). The molecule has 0 aliphatic carbocycles. The maximum atomic E-state index is 5.48. The molecule has 0 saturated heterocycles. The molecule has 0 saturated carbocycles. The zero-order valence-electron chi connectivity index (χ0n) is 12.0. The average molecular weight is 279 g/mol. The summed E-state index contributed by atoms with van der Waals surface area (Å²) in [6.45, 7) is 2.86. The van der Waals surface area contributed by atoms with Crippen LogP contribution in [0.4, 0.5) is 5.69 Å². The number of para-hydroxylation sites is 1. The van der Waals surface area contributed by atoms with Gasteiger partial charge >= 0.3 is 0 Å². The summed E-state index contributed by atoms with van der Waals surface area (Å²) in [4.78, 5) is 4.43. The quantitative estimate of drug-likeness (QED) is 0.594. The lowest BCUT2D eigenvalue weighted by atomic mass is 10.2. The molecule has 0 spiro atoms. The molecule has 2 aromatic carbocycles. The lowest BCUT2D eigenvalue weighted by molar-refractivity contribution is 0.340. The van der Waals surface area contributed by atoms with Crippen molar-refractivity contribution in [2.75, 3.05) is 13.2 Å². The van der Waals surface area contributed by atoms with Gasteiger partial charge in [-0.2, -0.15) is 0 Å². The molecule has 0 aliphatic heterocycles. The van der Waals surface area contributed by atoms with Crippen molar-refractivity contribution >= 4 is 11.9 Å². The van der Waals surface area contributed by atoms with E-state index in [1.807, 2.05) is 55.5 Å². The van der Waals surface area contributed by atoms with Gasteiger partial charge in [-0.25, -0.2) is 0 Å². The second-order valence-corrected chi connectivity index (χ2v) is 4.22. The standard InChI is InChI=1S/C18H17NO2/c1-3-13-21-18-8-6-5-7-15(18)14-19-16-9-11-17(12-10-16)20-4-2/h1,5-12,14H,4,13H2,2H3. The maximum Gasteiger partial charge on any atom is 0.148 e. The zero-order chi connectivity index (χ0) is 14.9. The highest BCUT2D eigenvalue weighted by molar-refractivity contribution is 5.85. The van der Waals surface area contributed by atoms with Gasteiger partial charge in [-0.1, -0.05) is 18.1 Å². The molecular formula is C18H17NO2. The van der Waals surface area contributed by atoms with E-state index >= 15 is 0 Å². The monoisotopic (exact) mass is 279 g/mol. The van der Waals surface area contributed by atoms with Crippen molar-refractivity contribution < 1.29 is 9.47 Å². The lowest BCUT2D eigenvalue weighted by Gasteiger charge is -2.05. The molecule has 0 unspecified atom stereocenters. The fourth-order valence-electron chi connectivity index (χ4n) is 1.78. The first kappa shape index (κ1) is 14.7. The van der Waals surface area contributed by atoms with Crippen LogP contribution < -0.4 is 9.47 Å². The summed E-state index contributed by atoms with van der Waals surface area (Å²) in [5.41, 5.74) is 1.74. The largest absolute Gasteiger partial charge is 0.494 e. The van der Waals surface area contributed by atoms with Gasteiger partial charge in [-0.3, -0.25) is 4.99 Å². The zero-order valence-corrected chi connectivity index (χ0v) is 12.0. The fraction of sp³-hybridized carbons (Fsp3) is 0.167. The van der Waals surface area contributed by atoms with Crippen LogP contribution in [0.1, 0.15) is 12.5 Å². The number of ether oxygens (including phenoxy) is 2. The highest BCUT2D eigenvalue weighted by Crippen LogP contribution is 2.20. The topological polar surface area (TPSA) is 30.8 Å². The van der Waals surface area contributed by atoms with Crippen LogP contribution in [0, 0.1) is 12.3 Å². The predicted octanol–water partition coefficient (Wildman–Crippen LogP) is 3.85. The smallest absolute Gasteiger partial charge is 0.148 e. The van der Waals surface area contributed by atoms with E-state index in [0.717, 1.165) is 22.7 Å². The number of nitrogens with zero attached hydrogens (tertiary/aromatic N) is 1. The Kier molecular flexibility index (Phi) is 5.42. The first-order valence-corrected chi connectivity index (χ1v) is 6.75. The van der Waals surface area contributed by atoms with Crippen LogP contribution in [0.15, 0.2) is 53.5 Å². The molecule has 106 valence electrons. The molecule has 0 radical (unpaired) electrons. The molecule has 3 nitrogen and oxygen atoms in total. The van der Waals surface area contributed by atoms with E-state index in [2.05, 4.69) is 10.9 Å². The molecule has 2 aromatic rings. The minimum Gasteiger partial charge on any atom is -0.494 e. The van der Waals surface area contributed by atoms with Gasteiger partial charge in [0, 0.05) is 11.8 Å². The van der Waals surface area contributed by atoms with Gasteiger partial charge in [-0.15, -0.1) is 6.42 Å². The van der Waals surface area contributed by atoms with Crippen LogP contribution in [0.3, 0.4) is 0 Å². The summed E-state index contributed by atoms with van der Waals surface area (Å²) in [6, 6.07) is 15.3. The van der Waals surface area contributed by atoms with Gasteiger partial charge in [0.05, 0.1) is 12.3 Å². The molecular weight excluding hydrogens is 262 g/mol. The number of benzene rings is 2. The van der Waals surface area contributed by atoms with Crippen molar-refractivity contribution in [2.24, 2.45) is 4.99 Å². The summed E-state index contributed by atoms with van der Waals surface area (Å²) < 4.78 is 10.9. The molecule has 0 atom stereocenters. The van der Waals surface area contributed by atoms with Crippen molar-refractivity contribution in [3.63, 3.8) is 0 Å². The summed E-state index contributed by atoms with van der Waals surface area (Å²) in [6.07, 6.45) is 6.98. The van der Waals surface area contributed by atoms with Crippen LogP contribution in [0.25, 0.3) is 0 Å². The molecule has 0 N–H and O–H groups in total. The molecule has 0 aromatic heterocycles. The number of rotatable bonds is 6. The SMILES string of the molecule is C#CCOc1ccccc1C=Nc1ccc(OCC)cc1. The number of hydrogen-bond donors (Lipinski definition) is 0. The third-order valence-corrected chi connectivity index (χ3v) is 2.73. The van der Waals surface area contributed by atoms with E-state index in [0.29, 0.717) is 6.61 Å². The van der Waals surface area contributed by atoms with Gasteiger partial charge < -0.3 is 9.47 Å². The number of aliphatic imine (C=N–C) groups is 1. The molecule has 3 heteroatoms. The first-order valence-electron chi connectivity index (χ1n) is 6.75. The Bertz CT molecular complexity index is 639. The van der Waals surface area contributed by atoms with Crippen molar-refractivity contribution in [3.05, 3.63) is 54.1 Å². The average Bonchev–Trinajstić information content (AvgIpc) is 2.53. The van der Waals surface area contributed by atoms with E-state index in [9.17, 15) is 0 Å². The van der Waals surface area contributed by atoms with Gasteiger partial charge in [-0.05, 0) is 43.3 Å². The van der Waals surface area contributed by atoms with E-state index in [1.54, 1.807) is 6.21 Å². The Morgan fingerprint density at radius 3 is 2.57 bits per heavy atom. The lowest BCUT2D eigenvalue weighted by Crippen LogP contribution is -1.96.